The summed E-state index contributed by atoms with van der Waals surface area (Å²) in [5.41, 5.74) is 3.01. The summed E-state index contributed by atoms with van der Waals surface area (Å²) in [5, 5.41) is 8.23. The highest BCUT2D eigenvalue weighted by Crippen LogP contribution is 2.31. The highest BCUT2D eigenvalue weighted by Gasteiger charge is 2.11. The van der Waals surface area contributed by atoms with Crippen molar-refractivity contribution < 1.29 is 4.52 Å². The van der Waals surface area contributed by atoms with Crippen molar-refractivity contribution in [3.63, 3.8) is 0 Å². The van der Waals surface area contributed by atoms with Crippen LogP contribution < -0.4 is 0 Å². The molecule has 0 unspecified atom stereocenters. The van der Waals surface area contributed by atoms with E-state index in [1.807, 2.05) is 29.9 Å². The van der Waals surface area contributed by atoms with Crippen molar-refractivity contribution in [2.75, 3.05) is 0 Å². The van der Waals surface area contributed by atoms with Gasteiger partial charge in [0.2, 0.25) is 0 Å². The van der Waals surface area contributed by atoms with Gasteiger partial charge in [0, 0.05) is 16.8 Å². The molecule has 20 heavy (non-hydrogen) atoms. The zero-order valence-corrected chi connectivity index (χ0v) is 12.5. The van der Waals surface area contributed by atoms with Gasteiger partial charge >= 0.3 is 0 Å². The molecule has 0 aliphatic carbocycles. The van der Waals surface area contributed by atoms with Crippen molar-refractivity contribution >= 4 is 45.3 Å². The first-order valence-corrected chi connectivity index (χ1v) is 8.01. The molecule has 100 valence electrons. The van der Waals surface area contributed by atoms with Gasteiger partial charge in [-0.3, -0.25) is 0 Å². The lowest BCUT2D eigenvalue weighted by Gasteiger charge is -1.97. The Hall–Kier alpha value is -1.63. The van der Waals surface area contributed by atoms with Crippen LogP contribution in [-0.4, -0.2) is 14.7 Å². The molecule has 0 atom stereocenters. The number of halogens is 1. The van der Waals surface area contributed by atoms with Crippen LogP contribution in [0.25, 0.3) is 21.7 Å². The van der Waals surface area contributed by atoms with Gasteiger partial charge in [-0.15, -0.1) is 22.7 Å². The summed E-state index contributed by atoms with van der Waals surface area (Å²) >= 11 is 9.06. The predicted molar refractivity (Wildman–Crippen MR) is 81.5 cm³/mol. The number of nitrogens with zero attached hydrogens (tertiary/aromatic N) is 3. The van der Waals surface area contributed by atoms with Crippen molar-refractivity contribution in [3.8, 4) is 10.6 Å². The van der Waals surface area contributed by atoms with Crippen LogP contribution in [0.2, 0.25) is 4.34 Å². The largest absolute Gasteiger partial charge is 0.355 e. The van der Waals surface area contributed by atoms with E-state index in [9.17, 15) is 0 Å². The number of rotatable bonds is 3. The standard InChI is InChI=1S/C13H8ClN3OS2/c14-13-2-1-12(20-13)11-3-8(16-18-11)4-17-7-15-9-5-19-6-10(9)17/h1-3,5-7H,4H2. The summed E-state index contributed by atoms with van der Waals surface area (Å²) < 4.78 is 8.18. The third-order valence-corrected chi connectivity index (χ3v) is 4.94. The van der Waals surface area contributed by atoms with Crippen LogP contribution in [0.15, 0.2) is 39.8 Å². The summed E-state index contributed by atoms with van der Waals surface area (Å²) in [4.78, 5) is 5.33. The van der Waals surface area contributed by atoms with E-state index < -0.39 is 0 Å². The Balaban J connectivity index is 1.64. The molecule has 0 spiro atoms. The fraction of sp³-hybridized carbons (Fsp3) is 0.0769. The fourth-order valence-corrected chi connectivity index (χ4v) is 3.79. The van der Waals surface area contributed by atoms with Crippen LogP contribution >= 0.6 is 34.3 Å². The smallest absolute Gasteiger partial charge is 0.177 e. The zero-order chi connectivity index (χ0) is 13.5. The maximum Gasteiger partial charge on any atom is 0.177 e. The van der Waals surface area contributed by atoms with Gasteiger partial charge in [0.25, 0.3) is 0 Å². The average Bonchev–Trinajstić information content (AvgIpc) is 3.16. The molecule has 7 heteroatoms. The van der Waals surface area contributed by atoms with Crippen molar-refractivity contribution in [1.82, 2.24) is 14.7 Å². The molecular formula is C13H8ClN3OS2. The van der Waals surface area contributed by atoms with E-state index in [0.29, 0.717) is 6.54 Å². The van der Waals surface area contributed by atoms with Crippen LogP contribution in [-0.2, 0) is 6.54 Å². The van der Waals surface area contributed by atoms with Gasteiger partial charge in [-0.2, -0.15) is 0 Å². The molecule has 0 aliphatic rings. The molecule has 0 saturated heterocycles. The van der Waals surface area contributed by atoms with Crippen LogP contribution in [0.5, 0.6) is 0 Å². The topological polar surface area (TPSA) is 43.9 Å². The summed E-state index contributed by atoms with van der Waals surface area (Å²) in [6, 6.07) is 5.74. The summed E-state index contributed by atoms with van der Waals surface area (Å²) in [7, 11) is 0. The van der Waals surface area contributed by atoms with E-state index in [0.717, 1.165) is 31.7 Å². The second kappa shape index (κ2) is 4.73. The van der Waals surface area contributed by atoms with Gasteiger partial charge in [0.05, 0.1) is 33.1 Å². The summed E-state index contributed by atoms with van der Waals surface area (Å²) in [6.45, 7) is 0.649. The van der Waals surface area contributed by atoms with Gasteiger partial charge in [-0.25, -0.2) is 4.98 Å². The summed E-state index contributed by atoms with van der Waals surface area (Å²) in [6.07, 6.45) is 1.83. The maximum absolute atomic E-state index is 5.93. The van der Waals surface area contributed by atoms with Crippen molar-refractivity contribution in [3.05, 3.63) is 45.3 Å². The van der Waals surface area contributed by atoms with Gasteiger partial charge in [0.1, 0.15) is 5.69 Å². The molecule has 0 aliphatic heterocycles. The highest BCUT2D eigenvalue weighted by atomic mass is 35.5. The van der Waals surface area contributed by atoms with Gasteiger partial charge in [0.15, 0.2) is 5.76 Å². The van der Waals surface area contributed by atoms with Crippen LogP contribution in [0.4, 0.5) is 0 Å². The monoisotopic (exact) mass is 321 g/mol. The maximum atomic E-state index is 5.93. The second-order valence-electron chi connectivity index (χ2n) is 4.30. The Kier molecular flexibility index (Phi) is 2.87. The molecule has 4 aromatic rings. The first-order chi connectivity index (χ1) is 9.79. The molecule has 0 fully saturated rings. The van der Waals surface area contributed by atoms with E-state index in [1.54, 1.807) is 11.3 Å². The van der Waals surface area contributed by atoms with Crippen LogP contribution in [0, 0.1) is 0 Å². The first-order valence-electron chi connectivity index (χ1n) is 5.88. The lowest BCUT2D eigenvalue weighted by Crippen LogP contribution is -1.97. The minimum atomic E-state index is 0.649. The van der Waals surface area contributed by atoms with Crippen LogP contribution in [0.3, 0.4) is 0 Å². The Bertz CT molecular complexity index is 873. The first kappa shape index (κ1) is 12.1. The van der Waals surface area contributed by atoms with Crippen molar-refractivity contribution in [2.45, 2.75) is 6.54 Å². The normalized spacial score (nSPS) is 11.4. The third-order valence-electron chi connectivity index (χ3n) is 2.97. The molecule has 0 bridgehead atoms. The average molecular weight is 322 g/mol. The van der Waals surface area contributed by atoms with Gasteiger partial charge in [-0.05, 0) is 12.1 Å². The molecule has 0 amide bonds. The quantitative estimate of drug-likeness (QED) is 0.557. The van der Waals surface area contributed by atoms with Gasteiger partial charge in [-0.1, -0.05) is 16.8 Å². The lowest BCUT2D eigenvalue weighted by atomic mass is 10.3. The molecule has 0 N–H and O–H groups in total. The van der Waals surface area contributed by atoms with Crippen molar-refractivity contribution in [1.29, 1.82) is 0 Å². The molecule has 4 aromatic heterocycles. The Morgan fingerprint density at radius 3 is 3.10 bits per heavy atom. The number of aromatic nitrogens is 3. The molecular weight excluding hydrogens is 314 g/mol. The minimum absolute atomic E-state index is 0.649. The van der Waals surface area contributed by atoms with E-state index in [1.165, 1.54) is 11.3 Å². The zero-order valence-electron chi connectivity index (χ0n) is 10.1. The van der Waals surface area contributed by atoms with E-state index in [4.69, 9.17) is 16.1 Å². The Morgan fingerprint density at radius 1 is 1.30 bits per heavy atom. The van der Waals surface area contributed by atoms with Crippen LogP contribution in [0.1, 0.15) is 5.69 Å². The number of hydrogen-bond donors (Lipinski definition) is 0. The van der Waals surface area contributed by atoms with E-state index in [-0.39, 0.29) is 0 Å². The molecule has 0 saturated carbocycles. The predicted octanol–water partition coefficient (Wildman–Crippen LogP) is 4.52. The Morgan fingerprint density at radius 2 is 2.25 bits per heavy atom. The lowest BCUT2D eigenvalue weighted by molar-refractivity contribution is 0.422. The SMILES string of the molecule is Clc1ccc(-c2cc(Cn3cnc4cscc43)no2)s1. The van der Waals surface area contributed by atoms with E-state index in [2.05, 4.69) is 20.1 Å². The number of imidazole rings is 1. The van der Waals surface area contributed by atoms with Crippen molar-refractivity contribution in [2.24, 2.45) is 0 Å². The molecule has 4 rings (SSSR count). The molecule has 0 radical (unpaired) electrons. The molecule has 4 nitrogen and oxygen atoms in total. The fourth-order valence-electron chi connectivity index (χ4n) is 2.04. The second-order valence-corrected chi connectivity index (χ2v) is 6.76. The molecule has 0 aromatic carbocycles. The minimum Gasteiger partial charge on any atom is -0.355 e. The van der Waals surface area contributed by atoms with E-state index >= 15 is 0 Å². The number of fused-ring (bicyclic) bond motifs is 1. The van der Waals surface area contributed by atoms with Gasteiger partial charge < -0.3 is 9.09 Å². The number of thiophene rings is 2. The number of hydrogen-bond acceptors (Lipinski definition) is 5. The third kappa shape index (κ3) is 2.06. The summed E-state index contributed by atoms with van der Waals surface area (Å²) in [5.74, 6) is 0.749. The molecule has 4 heterocycles. The highest BCUT2D eigenvalue weighted by molar-refractivity contribution is 7.19. The Labute approximate surface area is 127 Å².